The summed E-state index contributed by atoms with van der Waals surface area (Å²) in [5.74, 6) is 0. The topological polar surface area (TPSA) is 26.0 Å². The van der Waals surface area contributed by atoms with E-state index < -0.39 is 0 Å². The fraction of sp³-hybridized carbons (Fsp3) is 0.455. The lowest BCUT2D eigenvalue weighted by Gasteiger charge is -2.17. The van der Waals surface area contributed by atoms with Crippen molar-refractivity contribution < 1.29 is 0 Å². The fourth-order valence-electron chi connectivity index (χ4n) is 1.04. The molecule has 0 atom stereocenters. The van der Waals surface area contributed by atoms with Crippen molar-refractivity contribution in [3.63, 3.8) is 0 Å². The maximum atomic E-state index is 5.87. The summed E-state index contributed by atoms with van der Waals surface area (Å²) < 4.78 is 0. The van der Waals surface area contributed by atoms with E-state index in [0.29, 0.717) is 0 Å². The standard InChI is InChI=1S/C11H16N/c1-11(2,12)9-8-10-6-4-3-5-7-10/h3-6H,8-9,12H2,1-2H3. The van der Waals surface area contributed by atoms with Crippen molar-refractivity contribution in [3.8, 4) is 0 Å². The van der Waals surface area contributed by atoms with E-state index in [2.05, 4.69) is 26.0 Å². The fourth-order valence-corrected chi connectivity index (χ4v) is 1.04. The Morgan fingerprint density at radius 2 is 2.17 bits per heavy atom. The quantitative estimate of drug-likeness (QED) is 0.724. The molecule has 65 valence electrons. The van der Waals surface area contributed by atoms with E-state index in [1.54, 1.807) is 0 Å². The average Bonchev–Trinajstić information content (AvgIpc) is 2.02. The van der Waals surface area contributed by atoms with Crippen molar-refractivity contribution in [2.24, 2.45) is 5.73 Å². The van der Waals surface area contributed by atoms with Crippen LogP contribution in [0.3, 0.4) is 0 Å². The van der Waals surface area contributed by atoms with Crippen LogP contribution in [0.1, 0.15) is 25.8 Å². The highest BCUT2D eigenvalue weighted by Gasteiger charge is 2.09. The van der Waals surface area contributed by atoms with Gasteiger partial charge < -0.3 is 5.73 Å². The maximum Gasteiger partial charge on any atom is 0.0100 e. The smallest absolute Gasteiger partial charge is 0.0100 e. The number of hydrogen-bond acceptors (Lipinski definition) is 1. The predicted molar refractivity (Wildman–Crippen MR) is 51.9 cm³/mol. The largest absolute Gasteiger partial charge is 0.326 e. The molecule has 0 aromatic heterocycles. The van der Waals surface area contributed by atoms with E-state index in [1.807, 2.05) is 18.2 Å². The van der Waals surface area contributed by atoms with Crippen LogP contribution in [0.2, 0.25) is 0 Å². The minimum absolute atomic E-state index is 0.0658. The van der Waals surface area contributed by atoms with Crippen LogP contribution in [-0.2, 0) is 6.42 Å². The zero-order valence-corrected chi connectivity index (χ0v) is 7.80. The molecule has 1 aromatic carbocycles. The number of aryl methyl sites for hydroxylation is 1. The summed E-state index contributed by atoms with van der Waals surface area (Å²) in [5.41, 5.74) is 7.05. The van der Waals surface area contributed by atoms with Gasteiger partial charge in [0, 0.05) is 5.54 Å². The van der Waals surface area contributed by atoms with Gasteiger partial charge in [-0.25, -0.2) is 0 Å². The van der Waals surface area contributed by atoms with Crippen LogP contribution in [0.15, 0.2) is 24.3 Å². The molecule has 1 heteroatoms. The molecule has 1 aromatic rings. The summed E-state index contributed by atoms with van der Waals surface area (Å²) in [6, 6.07) is 11.2. The third kappa shape index (κ3) is 3.54. The van der Waals surface area contributed by atoms with Crippen molar-refractivity contribution in [1.82, 2.24) is 0 Å². The van der Waals surface area contributed by atoms with Gasteiger partial charge in [-0.1, -0.05) is 24.3 Å². The first kappa shape index (κ1) is 9.27. The Kier molecular flexibility index (Phi) is 2.88. The number of benzene rings is 1. The van der Waals surface area contributed by atoms with Gasteiger partial charge in [0.15, 0.2) is 0 Å². The van der Waals surface area contributed by atoms with E-state index >= 15 is 0 Å². The molecule has 0 aliphatic rings. The molecule has 0 fully saturated rings. The number of rotatable bonds is 3. The molecule has 0 spiro atoms. The molecular formula is C11H16N. The highest BCUT2D eigenvalue weighted by molar-refractivity contribution is 5.13. The first-order chi connectivity index (χ1) is 5.58. The van der Waals surface area contributed by atoms with Gasteiger partial charge >= 0.3 is 0 Å². The lowest BCUT2D eigenvalue weighted by Crippen LogP contribution is -2.32. The summed E-state index contributed by atoms with van der Waals surface area (Å²) >= 11 is 0. The van der Waals surface area contributed by atoms with Crippen molar-refractivity contribution in [3.05, 3.63) is 35.9 Å². The van der Waals surface area contributed by atoms with E-state index in [9.17, 15) is 0 Å². The third-order valence-electron chi connectivity index (χ3n) is 1.81. The van der Waals surface area contributed by atoms with Crippen molar-refractivity contribution >= 4 is 0 Å². The molecule has 0 heterocycles. The molecule has 1 radical (unpaired) electrons. The Labute approximate surface area is 74.6 Å². The Bertz CT molecular complexity index is 221. The van der Waals surface area contributed by atoms with Crippen molar-refractivity contribution in [2.75, 3.05) is 0 Å². The molecule has 0 unspecified atom stereocenters. The van der Waals surface area contributed by atoms with E-state index in [1.165, 1.54) is 5.56 Å². The molecule has 0 aliphatic heterocycles. The van der Waals surface area contributed by atoms with E-state index in [4.69, 9.17) is 5.73 Å². The van der Waals surface area contributed by atoms with E-state index in [0.717, 1.165) is 12.8 Å². The lowest BCUT2D eigenvalue weighted by molar-refractivity contribution is 0.477. The zero-order valence-electron chi connectivity index (χ0n) is 7.80. The first-order valence-electron chi connectivity index (χ1n) is 4.32. The van der Waals surface area contributed by atoms with E-state index in [-0.39, 0.29) is 5.54 Å². The molecule has 0 aliphatic carbocycles. The molecule has 12 heavy (non-hydrogen) atoms. The second kappa shape index (κ2) is 3.72. The molecular weight excluding hydrogens is 146 g/mol. The lowest BCUT2D eigenvalue weighted by atomic mass is 9.97. The maximum absolute atomic E-state index is 5.87. The van der Waals surface area contributed by atoms with Gasteiger partial charge in [-0.15, -0.1) is 0 Å². The van der Waals surface area contributed by atoms with Crippen molar-refractivity contribution in [2.45, 2.75) is 32.2 Å². The second-order valence-electron chi connectivity index (χ2n) is 3.88. The Hall–Kier alpha value is -0.820. The van der Waals surface area contributed by atoms with Gasteiger partial charge in [-0.2, -0.15) is 0 Å². The van der Waals surface area contributed by atoms with Crippen molar-refractivity contribution in [1.29, 1.82) is 0 Å². The Morgan fingerprint density at radius 3 is 2.67 bits per heavy atom. The molecule has 0 bridgehead atoms. The Balaban J connectivity index is 2.44. The second-order valence-corrected chi connectivity index (χ2v) is 3.88. The Morgan fingerprint density at radius 1 is 1.42 bits per heavy atom. The van der Waals surface area contributed by atoms with Gasteiger partial charge in [0.1, 0.15) is 0 Å². The molecule has 2 N–H and O–H groups in total. The average molecular weight is 162 g/mol. The van der Waals surface area contributed by atoms with Crippen LogP contribution in [0, 0.1) is 6.07 Å². The van der Waals surface area contributed by atoms with Gasteiger partial charge in [0.05, 0.1) is 0 Å². The molecule has 1 rings (SSSR count). The van der Waals surface area contributed by atoms with Crippen LogP contribution < -0.4 is 5.73 Å². The minimum atomic E-state index is -0.0658. The summed E-state index contributed by atoms with van der Waals surface area (Å²) in [6.45, 7) is 4.10. The monoisotopic (exact) mass is 162 g/mol. The molecule has 0 amide bonds. The van der Waals surface area contributed by atoms with Crippen LogP contribution in [0.5, 0.6) is 0 Å². The van der Waals surface area contributed by atoms with Crippen LogP contribution >= 0.6 is 0 Å². The van der Waals surface area contributed by atoms with Crippen LogP contribution in [-0.4, -0.2) is 5.54 Å². The number of hydrogen-bond donors (Lipinski definition) is 1. The molecule has 0 saturated carbocycles. The summed E-state index contributed by atoms with van der Waals surface area (Å²) in [6.07, 6.45) is 2.03. The highest BCUT2D eigenvalue weighted by atomic mass is 14.7. The SMILES string of the molecule is CC(C)(N)CCc1[c]cccc1. The third-order valence-corrected chi connectivity index (χ3v) is 1.81. The normalized spacial score (nSPS) is 11.6. The zero-order chi connectivity index (χ0) is 9.03. The first-order valence-corrected chi connectivity index (χ1v) is 4.32. The number of nitrogens with two attached hydrogens (primary N) is 1. The predicted octanol–water partition coefficient (Wildman–Crippen LogP) is 2.16. The summed E-state index contributed by atoms with van der Waals surface area (Å²) in [7, 11) is 0. The molecule has 1 nitrogen and oxygen atoms in total. The van der Waals surface area contributed by atoms with Gasteiger partial charge in [-0.3, -0.25) is 0 Å². The van der Waals surface area contributed by atoms with Gasteiger partial charge in [0.25, 0.3) is 0 Å². The summed E-state index contributed by atoms with van der Waals surface area (Å²) in [5, 5.41) is 0. The summed E-state index contributed by atoms with van der Waals surface area (Å²) in [4.78, 5) is 0. The van der Waals surface area contributed by atoms with Gasteiger partial charge in [-0.05, 0) is 38.3 Å². The highest BCUT2D eigenvalue weighted by Crippen LogP contribution is 2.09. The molecule has 0 saturated heterocycles. The van der Waals surface area contributed by atoms with Crippen LogP contribution in [0.4, 0.5) is 0 Å². The van der Waals surface area contributed by atoms with Gasteiger partial charge in [0.2, 0.25) is 0 Å². The van der Waals surface area contributed by atoms with Crippen LogP contribution in [0.25, 0.3) is 0 Å². The minimum Gasteiger partial charge on any atom is -0.326 e.